The van der Waals surface area contributed by atoms with E-state index in [9.17, 15) is 19.2 Å². The number of imide groups is 1. The molecule has 154 valence electrons. The molecule has 0 radical (unpaired) electrons. The van der Waals surface area contributed by atoms with E-state index in [1.807, 2.05) is 48.6 Å². The number of amides is 3. The minimum Gasteiger partial charge on any atom is -0.454 e. The Hall–Kier alpha value is -3.48. The summed E-state index contributed by atoms with van der Waals surface area (Å²) in [4.78, 5) is 50.7. The molecule has 1 aliphatic heterocycles. The van der Waals surface area contributed by atoms with Crippen LogP contribution < -0.4 is 5.32 Å². The van der Waals surface area contributed by atoms with Gasteiger partial charge in [-0.25, -0.2) is 4.79 Å². The summed E-state index contributed by atoms with van der Waals surface area (Å²) in [5, 5.41) is 4.71. The zero-order valence-corrected chi connectivity index (χ0v) is 16.5. The Morgan fingerprint density at radius 3 is 2.33 bits per heavy atom. The van der Waals surface area contributed by atoms with Crippen molar-refractivity contribution in [1.29, 1.82) is 0 Å². The molecule has 7 heteroatoms. The Morgan fingerprint density at radius 1 is 1.03 bits per heavy atom. The predicted octanol–water partition coefficient (Wildman–Crippen LogP) is 2.66. The number of hydrogen-bond acceptors (Lipinski definition) is 5. The summed E-state index contributed by atoms with van der Waals surface area (Å²) in [6.07, 6.45) is 4.77. The first-order valence-corrected chi connectivity index (χ1v) is 9.93. The van der Waals surface area contributed by atoms with Gasteiger partial charge in [-0.05, 0) is 42.7 Å². The molecule has 1 N–H and O–H groups in total. The van der Waals surface area contributed by atoms with Gasteiger partial charge in [-0.15, -0.1) is 0 Å². The SMILES string of the molecule is C[C@@H](C(=O)OCC(=O)Nc1ccc2ccccc2c1)N1C(=O)[C@H]2CC=CC[C@H]2C1=O. The standard InChI is InChI=1S/C23H22N2O5/c1-14(25-21(27)18-8-4-5-9-19(18)22(25)28)23(29)30-13-20(26)24-17-11-10-15-6-2-3-7-16(15)12-17/h2-7,10-12,14,18-19H,8-9,13H2,1H3,(H,24,26)/t14-,18-,19+/m0/s1. The highest BCUT2D eigenvalue weighted by Gasteiger charge is 2.50. The van der Waals surface area contributed by atoms with Crippen molar-refractivity contribution in [3.05, 3.63) is 54.6 Å². The Balaban J connectivity index is 1.34. The van der Waals surface area contributed by atoms with E-state index >= 15 is 0 Å². The summed E-state index contributed by atoms with van der Waals surface area (Å²) < 4.78 is 5.08. The number of nitrogens with one attached hydrogen (secondary N) is 1. The van der Waals surface area contributed by atoms with E-state index < -0.39 is 36.4 Å². The second-order valence-corrected chi connectivity index (χ2v) is 7.60. The highest BCUT2D eigenvalue weighted by atomic mass is 16.5. The lowest BCUT2D eigenvalue weighted by molar-refractivity contribution is -0.159. The predicted molar refractivity (Wildman–Crippen MR) is 110 cm³/mol. The second-order valence-electron chi connectivity index (χ2n) is 7.60. The van der Waals surface area contributed by atoms with Gasteiger partial charge in [0.05, 0.1) is 11.8 Å². The molecule has 0 bridgehead atoms. The average molecular weight is 406 g/mol. The molecule has 1 aliphatic carbocycles. The van der Waals surface area contributed by atoms with Crippen LogP contribution in [-0.4, -0.2) is 41.2 Å². The van der Waals surface area contributed by atoms with Gasteiger partial charge >= 0.3 is 5.97 Å². The third kappa shape index (κ3) is 3.70. The van der Waals surface area contributed by atoms with Crippen molar-refractivity contribution in [3.8, 4) is 0 Å². The maximum Gasteiger partial charge on any atom is 0.329 e. The zero-order chi connectivity index (χ0) is 21.3. The summed E-state index contributed by atoms with van der Waals surface area (Å²) in [5.41, 5.74) is 0.587. The highest BCUT2D eigenvalue weighted by Crippen LogP contribution is 2.36. The Bertz CT molecular complexity index is 1030. The third-order valence-electron chi connectivity index (χ3n) is 5.65. The van der Waals surface area contributed by atoms with Crippen LogP contribution >= 0.6 is 0 Å². The van der Waals surface area contributed by atoms with Gasteiger partial charge in [-0.1, -0.05) is 42.5 Å². The molecule has 1 fully saturated rings. The molecule has 7 nitrogen and oxygen atoms in total. The van der Waals surface area contributed by atoms with E-state index in [0.29, 0.717) is 18.5 Å². The molecule has 0 unspecified atom stereocenters. The normalized spacial score (nSPS) is 21.4. The van der Waals surface area contributed by atoms with Crippen LogP contribution in [0.1, 0.15) is 19.8 Å². The number of benzene rings is 2. The number of nitrogens with zero attached hydrogens (tertiary/aromatic N) is 1. The molecule has 2 aromatic rings. The van der Waals surface area contributed by atoms with Gasteiger partial charge in [0, 0.05) is 5.69 Å². The van der Waals surface area contributed by atoms with Gasteiger partial charge in [0.25, 0.3) is 5.91 Å². The van der Waals surface area contributed by atoms with Gasteiger partial charge in [0.1, 0.15) is 6.04 Å². The smallest absolute Gasteiger partial charge is 0.329 e. The van der Waals surface area contributed by atoms with E-state index in [1.165, 1.54) is 6.92 Å². The van der Waals surface area contributed by atoms with Gasteiger partial charge < -0.3 is 10.1 Å². The molecule has 0 saturated carbocycles. The van der Waals surface area contributed by atoms with Crippen molar-refractivity contribution in [2.45, 2.75) is 25.8 Å². The van der Waals surface area contributed by atoms with E-state index in [1.54, 1.807) is 6.07 Å². The number of carbonyl (C=O) groups is 4. The summed E-state index contributed by atoms with van der Waals surface area (Å²) in [7, 11) is 0. The number of ether oxygens (including phenoxy) is 1. The first-order valence-electron chi connectivity index (χ1n) is 9.93. The molecule has 0 aromatic heterocycles. The number of hydrogen-bond donors (Lipinski definition) is 1. The van der Waals surface area contributed by atoms with Gasteiger partial charge in [-0.3, -0.25) is 19.3 Å². The van der Waals surface area contributed by atoms with Crippen molar-refractivity contribution >= 4 is 40.2 Å². The number of esters is 1. The lowest BCUT2D eigenvalue weighted by Crippen LogP contribution is -2.45. The maximum absolute atomic E-state index is 12.6. The fourth-order valence-corrected chi connectivity index (χ4v) is 4.03. The Morgan fingerprint density at radius 2 is 1.67 bits per heavy atom. The molecule has 1 saturated heterocycles. The van der Waals surface area contributed by atoms with Crippen LogP contribution in [0.15, 0.2) is 54.6 Å². The van der Waals surface area contributed by atoms with Crippen LogP contribution in [0.3, 0.4) is 0 Å². The van der Waals surface area contributed by atoms with E-state index in [4.69, 9.17) is 4.74 Å². The van der Waals surface area contributed by atoms with Crippen molar-refractivity contribution in [3.63, 3.8) is 0 Å². The van der Waals surface area contributed by atoms with Gasteiger partial charge in [0.15, 0.2) is 6.61 Å². The first kappa shape index (κ1) is 19.8. The van der Waals surface area contributed by atoms with Gasteiger partial charge in [-0.2, -0.15) is 0 Å². The van der Waals surface area contributed by atoms with Crippen LogP contribution in [0.25, 0.3) is 10.8 Å². The molecule has 4 rings (SSSR count). The number of likely N-dealkylation sites (tertiary alicyclic amines) is 1. The topological polar surface area (TPSA) is 92.8 Å². The third-order valence-corrected chi connectivity index (χ3v) is 5.65. The first-order chi connectivity index (χ1) is 14.5. The van der Waals surface area contributed by atoms with Crippen LogP contribution in [0.5, 0.6) is 0 Å². The fourth-order valence-electron chi connectivity index (χ4n) is 4.03. The Labute approximate surface area is 173 Å². The molecule has 2 aliphatic rings. The van der Waals surface area contributed by atoms with Crippen LogP contribution in [0.4, 0.5) is 5.69 Å². The van der Waals surface area contributed by atoms with Crippen LogP contribution in [-0.2, 0) is 23.9 Å². The van der Waals surface area contributed by atoms with E-state index in [2.05, 4.69) is 5.32 Å². The largest absolute Gasteiger partial charge is 0.454 e. The van der Waals surface area contributed by atoms with Crippen molar-refractivity contribution < 1.29 is 23.9 Å². The summed E-state index contributed by atoms with van der Waals surface area (Å²) >= 11 is 0. The van der Waals surface area contributed by atoms with Crippen molar-refractivity contribution in [2.24, 2.45) is 11.8 Å². The minimum absolute atomic E-state index is 0.348. The Kier molecular flexibility index (Phi) is 5.35. The molecular weight excluding hydrogens is 384 g/mol. The zero-order valence-electron chi connectivity index (χ0n) is 16.5. The van der Waals surface area contributed by atoms with Crippen LogP contribution in [0, 0.1) is 11.8 Å². The van der Waals surface area contributed by atoms with E-state index in [0.717, 1.165) is 15.7 Å². The summed E-state index contributed by atoms with van der Waals surface area (Å²) in [5.74, 6) is -2.79. The molecule has 2 aromatic carbocycles. The average Bonchev–Trinajstić information content (AvgIpc) is 3.02. The fraction of sp³-hybridized carbons (Fsp3) is 0.304. The lowest BCUT2D eigenvalue weighted by Gasteiger charge is -2.21. The molecule has 1 heterocycles. The molecule has 0 spiro atoms. The minimum atomic E-state index is -1.07. The monoisotopic (exact) mass is 406 g/mol. The van der Waals surface area contributed by atoms with Crippen molar-refractivity contribution in [1.82, 2.24) is 4.90 Å². The lowest BCUT2D eigenvalue weighted by atomic mass is 9.85. The molecule has 3 amide bonds. The van der Waals surface area contributed by atoms with Crippen LogP contribution in [0.2, 0.25) is 0 Å². The second kappa shape index (κ2) is 8.10. The quantitative estimate of drug-likeness (QED) is 0.468. The molecule has 3 atom stereocenters. The summed E-state index contributed by atoms with van der Waals surface area (Å²) in [6.45, 7) is 0.949. The molecule has 30 heavy (non-hydrogen) atoms. The number of allylic oxidation sites excluding steroid dienone is 2. The van der Waals surface area contributed by atoms with Gasteiger partial charge in [0.2, 0.25) is 11.8 Å². The summed E-state index contributed by atoms with van der Waals surface area (Å²) in [6, 6.07) is 12.2. The molecular formula is C23H22N2O5. The number of rotatable bonds is 5. The number of anilines is 1. The maximum atomic E-state index is 12.6. The number of fused-ring (bicyclic) bond motifs is 2. The number of carbonyl (C=O) groups excluding carboxylic acids is 4. The van der Waals surface area contributed by atoms with Crippen molar-refractivity contribution in [2.75, 3.05) is 11.9 Å². The van der Waals surface area contributed by atoms with E-state index in [-0.39, 0.29) is 11.8 Å². The highest BCUT2D eigenvalue weighted by molar-refractivity contribution is 6.08.